The standard InChI is InChI=1S/C25H26O.C10H14O.2CH3.Ti/c1-24(2,3)17-11-13-23(26)20(15-17)16-10-12-19-18-8-6-7-9-21(18)25(4,5)22(19)14-16;1-10(2,3)8-4-6-9(11)7-5-8;;;/h6-15,26H,1-5H3;4-7,11H,1-3H3;2*1H3;/q;;2*-1;+2. The van der Waals surface area contributed by atoms with Crippen LogP contribution in [0, 0.1) is 14.9 Å². The van der Waals surface area contributed by atoms with Gasteiger partial charge in [0.25, 0.3) is 0 Å². The van der Waals surface area contributed by atoms with Gasteiger partial charge in [-0.3, -0.25) is 0 Å². The van der Waals surface area contributed by atoms with E-state index in [2.05, 4.69) is 104 Å². The molecule has 1 aliphatic carbocycles. The van der Waals surface area contributed by atoms with Crippen LogP contribution in [0.4, 0.5) is 0 Å². The normalized spacial score (nSPS) is 12.8. The molecule has 0 amide bonds. The molecule has 4 aromatic carbocycles. The summed E-state index contributed by atoms with van der Waals surface area (Å²) in [5.41, 5.74) is 10.00. The average molecular weight is 571 g/mol. The molecule has 40 heavy (non-hydrogen) atoms. The van der Waals surface area contributed by atoms with E-state index in [0.717, 1.165) is 11.1 Å². The zero-order chi connectivity index (χ0) is 27.2. The molecule has 3 heteroatoms. The first-order valence-electron chi connectivity index (χ1n) is 13.1. The number of hydrogen-bond donors (Lipinski definition) is 2. The molecule has 0 atom stereocenters. The van der Waals surface area contributed by atoms with Gasteiger partial charge in [0.1, 0.15) is 11.5 Å². The first-order chi connectivity index (χ1) is 17.2. The van der Waals surface area contributed by atoms with Crippen molar-refractivity contribution in [2.45, 2.75) is 71.6 Å². The Morgan fingerprint density at radius 3 is 1.65 bits per heavy atom. The number of hydrogen-bond acceptors (Lipinski definition) is 2. The fraction of sp³-hybridized carbons (Fsp3) is 0.297. The van der Waals surface area contributed by atoms with Gasteiger partial charge in [-0.1, -0.05) is 110 Å². The quantitative estimate of drug-likeness (QED) is 0.177. The predicted octanol–water partition coefficient (Wildman–Crippen LogP) is 10.3. The number of rotatable bonds is 1. The SMILES string of the molecule is CC(C)(C)c1ccc(O)c(-c2ccc3c(c2)C(C)(C)c2ccccc2-3)c1.CC(C)(C)c1ccc(O)cc1.[CH3-].[CH3-].[Ti+2]. The number of phenolic OH excluding ortho intramolecular Hbond substituents is 2. The molecular formula is C37H46O2Ti. The van der Waals surface area contributed by atoms with Crippen molar-refractivity contribution in [1.82, 2.24) is 0 Å². The third kappa shape index (κ3) is 7.09. The van der Waals surface area contributed by atoms with Gasteiger partial charge >= 0.3 is 21.7 Å². The fourth-order valence-electron chi connectivity index (χ4n) is 5.07. The van der Waals surface area contributed by atoms with Crippen molar-refractivity contribution in [2.24, 2.45) is 0 Å². The topological polar surface area (TPSA) is 40.5 Å². The largest absolute Gasteiger partial charge is 2.00 e. The molecule has 210 valence electrons. The van der Waals surface area contributed by atoms with E-state index in [9.17, 15) is 5.11 Å². The molecule has 2 N–H and O–H groups in total. The fourth-order valence-corrected chi connectivity index (χ4v) is 5.07. The van der Waals surface area contributed by atoms with Crippen LogP contribution >= 0.6 is 0 Å². The van der Waals surface area contributed by atoms with Crippen LogP contribution in [0.1, 0.15) is 77.6 Å². The first kappa shape index (κ1) is 35.2. The summed E-state index contributed by atoms with van der Waals surface area (Å²) in [5.74, 6) is 0.671. The van der Waals surface area contributed by atoms with Crippen molar-refractivity contribution in [3.63, 3.8) is 0 Å². The molecule has 2 nitrogen and oxygen atoms in total. The Morgan fingerprint density at radius 2 is 1.07 bits per heavy atom. The van der Waals surface area contributed by atoms with Gasteiger partial charge < -0.3 is 25.1 Å². The minimum Gasteiger partial charge on any atom is -0.508 e. The van der Waals surface area contributed by atoms with Gasteiger partial charge in [0.15, 0.2) is 0 Å². The maximum absolute atomic E-state index is 10.5. The number of benzene rings is 4. The van der Waals surface area contributed by atoms with E-state index in [1.807, 2.05) is 24.3 Å². The molecule has 1 aliphatic rings. The molecule has 0 aliphatic heterocycles. The summed E-state index contributed by atoms with van der Waals surface area (Å²) in [6, 6.07) is 28.6. The zero-order valence-corrected chi connectivity index (χ0v) is 27.5. The molecule has 0 heterocycles. The third-order valence-electron chi connectivity index (χ3n) is 7.49. The van der Waals surface area contributed by atoms with Crippen LogP contribution in [0.5, 0.6) is 11.5 Å². The Bertz CT molecular complexity index is 1420. The summed E-state index contributed by atoms with van der Waals surface area (Å²) in [4.78, 5) is 0. The van der Waals surface area contributed by atoms with Gasteiger partial charge in [-0.05, 0) is 80.1 Å². The summed E-state index contributed by atoms with van der Waals surface area (Å²) >= 11 is 0. The van der Waals surface area contributed by atoms with Gasteiger partial charge in [-0.25, -0.2) is 0 Å². The Labute approximate surface area is 258 Å². The van der Waals surface area contributed by atoms with Crippen LogP contribution < -0.4 is 0 Å². The van der Waals surface area contributed by atoms with E-state index in [-0.39, 0.29) is 52.8 Å². The van der Waals surface area contributed by atoms with Gasteiger partial charge in [-0.2, -0.15) is 0 Å². The molecule has 4 aromatic rings. The van der Waals surface area contributed by atoms with Crippen LogP contribution in [-0.4, -0.2) is 10.2 Å². The number of phenols is 2. The van der Waals surface area contributed by atoms with Crippen LogP contribution in [0.3, 0.4) is 0 Å². The summed E-state index contributed by atoms with van der Waals surface area (Å²) in [7, 11) is 0. The van der Waals surface area contributed by atoms with Crippen molar-refractivity contribution >= 4 is 0 Å². The second kappa shape index (κ2) is 12.8. The average Bonchev–Trinajstić information content (AvgIpc) is 3.05. The molecule has 0 radical (unpaired) electrons. The molecule has 0 spiro atoms. The van der Waals surface area contributed by atoms with Gasteiger partial charge in [0.05, 0.1) is 0 Å². The summed E-state index contributed by atoms with van der Waals surface area (Å²) in [6.45, 7) is 17.6. The van der Waals surface area contributed by atoms with E-state index in [1.165, 1.54) is 33.4 Å². The van der Waals surface area contributed by atoms with E-state index >= 15 is 0 Å². The maximum atomic E-state index is 10.5. The van der Waals surface area contributed by atoms with Crippen molar-refractivity contribution in [3.05, 3.63) is 122 Å². The molecule has 0 aromatic heterocycles. The molecule has 0 saturated carbocycles. The second-order valence-electron chi connectivity index (χ2n) is 12.7. The molecule has 5 rings (SSSR count). The van der Waals surface area contributed by atoms with Crippen LogP contribution in [0.2, 0.25) is 0 Å². The van der Waals surface area contributed by atoms with Crippen molar-refractivity contribution < 1.29 is 31.9 Å². The zero-order valence-electron chi connectivity index (χ0n) is 26.0. The van der Waals surface area contributed by atoms with Crippen LogP contribution in [0.25, 0.3) is 22.3 Å². The van der Waals surface area contributed by atoms with E-state index < -0.39 is 0 Å². The third-order valence-corrected chi connectivity index (χ3v) is 7.49. The van der Waals surface area contributed by atoms with Crippen molar-refractivity contribution in [3.8, 4) is 33.8 Å². The minimum atomic E-state index is -0.0286. The minimum absolute atomic E-state index is 0. The van der Waals surface area contributed by atoms with Crippen LogP contribution in [0.15, 0.2) is 84.9 Å². The Morgan fingerprint density at radius 1 is 0.550 bits per heavy atom. The first-order valence-corrected chi connectivity index (χ1v) is 13.1. The van der Waals surface area contributed by atoms with E-state index in [4.69, 9.17) is 5.11 Å². The van der Waals surface area contributed by atoms with Gasteiger partial charge in [-0.15, -0.1) is 0 Å². The smallest absolute Gasteiger partial charge is 0.508 e. The van der Waals surface area contributed by atoms with Crippen molar-refractivity contribution in [1.29, 1.82) is 0 Å². The predicted molar refractivity (Wildman–Crippen MR) is 169 cm³/mol. The molecule has 0 bridgehead atoms. The van der Waals surface area contributed by atoms with Gasteiger partial charge in [0.2, 0.25) is 0 Å². The Kier molecular flexibility index (Phi) is 11.3. The Balaban J connectivity index is 0.000000490. The molecule has 0 saturated heterocycles. The van der Waals surface area contributed by atoms with Crippen LogP contribution in [-0.2, 0) is 38.0 Å². The molecular weight excluding hydrogens is 524 g/mol. The molecule has 0 unspecified atom stereocenters. The second-order valence-corrected chi connectivity index (χ2v) is 12.7. The monoisotopic (exact) mass is 570 g/mol. The number of fused-ring (bicyclic) bond motifs is 3. The van der Waals surface area contributed by atoms with Crippen molar-refractivity contribution in [2.75, 3.05) is 0 Å². The van der Waals surface area contributed by atoms with E-state index in [0.29, 0.717) is 11.5 Å². The summed E-state index contributed by atoms with van der Waals surface area (Å²) in [6.07, 6.45) is 0. The Hall–Kier alpha value is -2.81. The van der Waals surface area contributed by atoms with E-state index in [1.54, 1.807) is 12.1 Å². The summed E-state index contributed by atoms with van der Waals surface area (Å²) < 4.78 is 0. The summed E-state index contributed by atoms with van der Waals surface area (Å²) in [5, 5.41) is 19.5. The number of aromatic hydroxyl groups is 2. The maximum Gasteiger partial charge on any atom is 2.00 e. The molecule has 0 fully saturated rings. The van der Waals surface area contributed by atoms with Gasteiger partial charge in [0, 0.05) is 11.0 Å².